The van der Waals surface area contributed by atoms with Crippen LogP contribution in [0.25, 0.3) is 0 Å². The first-order valence-electron chi connectivity index (χ1n) is 7.34. The van der Waals surface area contributed by atoms with Gasteiger partial charge in [-0.1, -0.05) is 28.1 Å². The summed E-state index contributed by atoms with van der Waals surface area (Å²) >= 11 is 3.33. The largest absolute Gasteiger partial charge is 0.444 e. The van der Waals surface area contributed by atoms with E-state index in [2.05, 4.69) is 15.9 Å². The first kappa shape index (κ1) is 17.2. The van der Waals surface area contributed by atoms with E-state index in [4.69, 9.17) is 10.5 Å². The molecule has 0 aromatic heterocycles. The molecule has 3 atom stereocenters. The van der Waals surface area contributed by atoms with E-state index >= 15 is 0 Å². The van der Waals surface area contributed by atoms with Crippen LogP contribution in [0, 0.1) is 0 Å². The molecule has 4 nitrogen and oxygen atoms in total. The van der Waals surface area contributed by atoms with Gasteiger partial charge in [-0.3, -0.25) is 0 Å². The van der Waals surface area contributed by atoms with Gasteiger partial charge in [-0.25, -0.2) is 9.18 Å². The van der Waals surface area contributed by atoms with Crippen LogP contribution in [-0.2, 0) is 4.74 Å². The molecule has 0 saturated carbocycles. The molecule has 0 bridgehead atoms. The van der Waals surface area contributed by atoms with Crippen LogP contribution in [0.3, 0.4) is 0 Å². The van der Waals surface area contributed by atoms with Gasteiger partial charge in [-0.15, -0.1) is 0 Å². The van der Waals surface area contributed by atoms with Gasteiger partial charge in [0.2, 0.25) is 0 Å². The van der Waals surface area contributed by atoms with Crippen molar-refractivity contribution in [3.63, 3.8) is 0 Å². The fourth-order valence-electron chi connectivity index (χ4n) is 2.62. The number of amides is 1. The van der Waals surface area contributed by atoms with Crippen molar-refractivity contribution in [3.8, 4) is 0 Å². The van der Waals surface area contributed by atoms with Crippen LogP contribution in [-0.4, -0.2) is 35.2 Å². The molecule has 1 heterocycles. The minimum Gasteiger partial charge on any atom is -0.444 e. The lowest BCUT2D eigenvalue weighted by Crippen LogP contribution is -2.47. The van der Waals surface area contributed by atoms with Gasteiger partial charge in [0.1, 0.15) is 11.8 Å². The number of benzene rings is 1. The second-order valence-electron chi connectivity index (χ2n) is 6.57. The van der Waals surface area contributed by atoms with Crippen LogP contribution in [0.15, 0.2) is 28.7 Å². The van der Waals surface area contributed by atoms with Crippen LogP contribution in [0.4, 0.5) is 9.18 Å². The van der Waals surface area contributed by atoms with Crippen LogP contribution in [0.2, 0.25) is 0 Å². The maximum absolute atomic E-state index is 15.0. The van der Waals surface area contributed by atoms with Crippen molar-refractivity contribution in [2.24, 2.45) is 5.73 Å². The Labute approximate surface area is 138 Å². The first-order chi connectivity index (χ1) is 10.2. The maximum Gasteiger partial charge on any atom is 0.410 e. The molecule has 1 saturated heterocycles. The van der Waals surface area contributed by atoms with Gasteiger partial charge in [-0.2, -0.15) is 0 Å². The highest BCUT2D eigenvalue weighted by molar-refractivity contribution is 9.10. The highest BCUT2D eigenvalue weighted by Crippen LogP contribution is 2.33. The van der Waals surface area contributed by atoms with Gasteiger partial charge in [0, 0.05) is 17.1 Å². The molecule has 2 rings (SSSR count). The summed E-state index contributed by atoms with van der Waals surface area (Å²) < 4.78 is 21.1. The molecule has 122 valence electrons. The zero-order valence-electron chi connectivity index (χ0n) is 13.1. The maximum atomic E-state index is 15.0. The van der Waals surface area contributed by atoms with Crippen molar-refractivity contribution in [1.29, 1.82) is 0 Å². The number of rotatable bonds is 2. The van der Waals surface area contributed by atoms with Gasteiger partial charge in [-0.05, 0) is 44.9 Å². The molecule has 0 spiro atoms. The molecule has 1 aromatic rings. The molecule has 6 heteroatoms. The van der Waals surface area contributed by atoms with Gasteiger partial charge in [0.05, 0.1) is 6.04 Å². The third-order valence-electron chi connectivity index (χ3n) is 3.60. The number of halogens is 2. The van der Waals surface area contributed by atoms with Crippen LogP contribution >= 0.6 is 15.9 Å². The van der Waals surface area contributed by atoms with E-state index in [9.17, 15) is 9.18 Å². The van der Waals surface area contributed by atoms with Crippen molar-refractivity contribution in [2.75, 3.05) is 6.54 Å². The molecule has 1 aliphatic heterocycles. The third-order valence-corrected chi connectivity index (χ3v) is 4.09. The zero-order valence-corrected chi connectivity index (χ0v) is 14.6. The van der Waals surface area contributed by atoms with Crippen molar-refractivity contribution >= 4 is 22.0 Å². The van der Waals surface area contributed by atoms with E-state index in [1.54, 1.807) is 39.0 Å². The van der Waals surface area contributed by atoms with E-state index in [0.717, 1.165) is 4.47 Å². The summed E-state index contributed by atoms with van der Waals surface area (Å²) in [7, 11) is 0. The third kappa shape index (κ3) is 3.98. The van der Waals surface area contributed by atoms with Crippen molar-refractivity contribution in [2.45, 2.75) is 51.0 Å². The molecule has 1 amide bonds. The van der Waals surface area contributed by atoms with Crippen molar-refractivity contribution in [1.82, 2.24) is 4.90 Å². The van der Waals surface area contributed by atoms with Crippen LogP contribution in [0.1, 0.15) is 38.9 Å². The monoisotopic (exact) mass is 372 g/mol. The number of hydrogen-bond acceptors (Lipinski definition) is 3. The number of ether oxygens (including phenoxy) is 1. The second-order valence-corrected chi connectivity index (χ2v) is 7.49. The number of hydrogen-bond donors (Lipinski definition) is 1. The van der Waals surface area contributed by atoms with E-state index in [1.165, 1.54) is 4.90 Å². The summed E-state index contributed by atoms with van der Waals surface area (Å²) in [6.07, 6.45) is -1.29. The number of alkyl halides is 1. The highest BCUT2D eigenvalue weighted by atomic mass is 79.9. The average Bonchev–Trinajstić information content (AvgIpc) is 2.78. The Bertz CT molecular complexity index is 547. The Morgan fingerprint density at radius 2 is 2.18 bits per heavy atom. The molecule has 0 radical (unpaired) electrons. The summed E-state index contributed by atoms with van der Waals surface area (Å²) in [5, 5.41) is 0. The lowest BCUT2D eigenvalue weighted by Gasteiger charge is -2.31. The van der Waals surface area contributed by atoms with Gasteiger partial charge < -0.3 is 15.4 Å². The Kier molecular flexibility index (Phi) is 5.12. The highest BCUT2D eigenvalue weighted by Gasteiger charge is 2.42. The fraction of sp³-hybridized carbons (Fsp3) is 0.562. The number of likely N-dealkylation sites (tertiary alicyclic amines) is 1. The molecule has 0 aliphatic carbocycles. The molecular weight excluding hydrogens is 351 g/mol. The number of carbonyl (C=O) groups is 1. The zero-order chi connectivity index (χ0) is 16.5. The number of carbonyl (C=O) groups excluding carboxylic acids is 1. The average molecular weight is 373 g/mol. The normalized spacial score (nSPS) is 23.5. The van der Waals surface area contributed by atoms with E-state index < -0.39 is 29.9 Å². The smallest absolute Gasteiger partial charge is 0.410 e. The SMILES string of the molecule is CC(C)(C)OC(=O)N1CC[C@H](N)[C@H]1C(F)c1cccc(Br)c1. The summed E-state index contributed by atoms with van der Waals surface area (Å²) in [6.45, 7) is 5.78. The molecule has 1 aliphatic rings. The molecule has 1 fully saturated rings. The summed E-state index contributed by atoms with van der Waals surface area (Å²) in [4.78, 5) is 13.7. The van der Waals surface area contributed by atoms with E-state index in [-0.39, 0.29) is 0 Å². The predicted octanol–water partition coefficient (Wildman–Crippen LogP) is 3.80. The summed E-state index contributed by atoms with van der Waals surface area (Å²) in [6, 6.07) is 5.91. The number of nitrogens with two attached hydrogens (primary N) is 1. The van der Waals surface area contributed by atoms with Crippen molar-refractivity contribution < 1.29 is 13.9 Å². The standard InChI is InChI=1S/C16H22BrFN2O2/c1-16(2,3)22-15(21)20-8-7-12(19)14(20)13(18)10-5-4-6-11(17)9-10/h4-6,9,12-14H,7-8,19H2,1-3H3/t12-,13?,14-/m0/s1. The Balaban J connectivity index is 2.20. The van der Waals surface area contributed by atoms with E-state index in [0.29, 0.717) is 18.5 Å². The predicted molar refractivity (Wildman–Crippen MR) is 87.3 cm³/mol. The Morgan fingerprint density at radius 1 is 1.50 bits per heavy atom. The topological polar surface area (TPSA) is 55.6 Å². The molecule has 1 unspecified atom stereocenters. The second kappa shape index (κ2) is 6.54. The Morgan fingerprint density at radius 3 is 2.77 bits per heavy atom. The minimum atomic E-state index is -1.34. The summed E-state index contributed by atoms with van der Waals surface area (Å²) in [5.41, 5.74) is 5.94. The van der Waals surface area contributed by atoms with Crippen LogP contribution < -0.4 is 5.73 Å². The first-order valence-corrected chi connectivity index (χ1v) is 8.13. The molecular formula is C16H22BrFN2O2. The van der Waals surface area contributed by atoms with Gasteiger partial charge in [0.25, 0.3) is 0 Å². The quantitative estimate of drug-likeness (QED) is 0.858. The lowest BCUT2D eigenvalue weighted by atomic mass is 9.99. The number of nitrogens with zero attached hydrogens (tertiary/aromatic N) is 1. The Hall–Kier alpha value is -1.14. The molecule has 2 N–H and O–H groups in total. The van der Waals surface area contributed by atoms with E-state index in [1.807, 2.05) is 6.07 Å². The van der Waals surface area contributed by atoms with Gasteiger partial charge in [0.15, 0.2) is 0 Å². The fourth-order valence-corrected chi connectivity index (χ4v) is 3.04. The van der Waals surface area contributed by atoms with Gasteiger partial charge >= 0.3 is 6.09 Å². The van der Waals surface area contributed by atoms with Crippen molar-refractivity contribution in [3.05, 3.63) is 34.3 Å². The summed E-state index contributed by atoms with van der Waals surface area (Å²) in [5.74, 6) is 0. The lowest BCUT2D eigenvalue weighted by molar-refractivity contribution is 0.0137. The van der Waals surface area contributed by atoms with Crippen LogP contribution in [0.5, 0.6) is 0 Å². The molecule has 1 aromatic carbocycles. The molecule has 22 heavy (non-hydrogen) atoms. The minimum absolute atomic E-state index is 0.401.